The van der Waals surface area contributed by atoms with Crippen LogP contribution in [-0.4, -0.2) is 28.3 Å². The van der Waals surface area contributed by atoms with Crippen LogP contribution in [0, 0.1) is 5.82 Å². The molecular formula is C21H20FN5O2. The van der Waals surface area contributed by atoms with E-state index >= 15 is 0 Å². The van der Waals surface area contributed by atoms with Gasteiger partial charge in [-0.05, 0) is 48.4 Å². The van der Waals surface area contributed by atoms with Crippen molar-refractivity contribution in [3.63, 3.8) is 0 Å². The molecule has 1 aromatic heterocycles. The summed E-state index contributed by atoms with van der Waals surface area (Å²) in [7, 11) is 0. The quantitative estimate of drug-likeness (QED) is 0.571. The van der Waals surface area contributed by atoms with Crippen LogP contribution in [0.25, 0.3) is 0 Å². The fourth-order valence-corrected chi connectivity index (χ4v) is 2.62. The first kappa shape index (κ1) is 19.9. The van der Waals surface area contributed by atoms with Crippen LogP contribution in [0.2, 0.25) is 0 Å². The van der Waals surface area contributed by atoms with Gasteiger partial charge in [0, 0.05) is 31.0 Å². The summed E-state index contributed by atoms with van der Waals surface area (Å²) < 4.78 is 13.6. The molecule has 8 heteroatoms. The Morgan fingerprint density at radius 3 is 2.34 bits per heavy atom. The summed E-state index contributed by atoms with van der Waals surface area (Å²) in [5.41, 5.74) is 1.99. The van der Waals surface area contributed by atoms with Crippen LogP contribution in [0.3, 0.4) is 0 Å². The van der Waals surface area contributed by atoms with E-state index in [0.717, 1.165) is 0 Å². The molecular weight excluding hydrogens is 373 g/mol. The normalized spacial score (nSPS) is 10.3. The lowest BCUT2D eigenvalue weighted by molar-refractivity contribution is -0.114. The molecule has 148 valence electrons. The molecule has 3 aromatic rings. The molecule has 0 saturated heterocycles. The van der Waals surface area contributed by atoms with E-state index in [1.807, 2.05) is 0 Å². The van der Waals surface area contributed by atoms with Crippen molar-refractivity contribution in [2.75, 3.05) is 22.5 Å². The minimum Gasteiger partial charge on any atom is -0.354 e. The minimum absolute atomic E-state index is 0.169. The van der Waals surface area contributed by atoms with E-state index < -0.39 is 5.91 Å². The Morgan fingerprint density at radius 2 is 1.66 bits per heavy atom. The maximum Gasteiger partial charge on any atom is 0.274 e. The summed E-state index contributed by atoms with van der Waals surface area (Å²) in [6, 6.07) is 14.8. The molecule has 7 nitrogen and oxygen atoms in total. The lowest BCUT2D eigenvalue weighted by atomic mass is 10.1. The van der Waals surface area contributed by atoms with Crippen LogP contribution in [0.4, 0.5) is 21.7 Å². The molecule has 0 aliphatic rings. The van der Waals surface area contributed by atoms with Crippen molar-refractivity contribution in [1.29, 1.82) is 0 Å². The Bertz CT molecular complexity index is 1010. The second-order valence-corrected chi connectivity index (χ2v) is 6.25. The van der Waals surface area contributed by atoms with Gasteiger partial charge >= 0.3 is 0 Å². The molecule has 29 heavy (non-hydrogen) atoms. The van der Waals surface area contributed by atoms with E-state index in [9.17, 15) is 14.0 Å². The van der Waals surface area contributed by atoms with Gasteiger partial charge in [-0.15, -0.1) is 0 Å². The summed E-state index contributed by atoms with van der Waals surface area (Å²) in [5, 5.41) is 8.39. The number of benzene rings is 2. The Balaban J connectivity index is 1.57. The first-order valence-electron chi connectivity index (χ1n) is 9.00. The third-order valence-corrected chi connectivity index (χ3v) is 3.99. The number of rotatable bonds is 7. The summed E-state index contributed by atoms with van der Waals surface area (Å²) in [6.45, 7) is 1.85. The highest BCUT2D eigenvalue weighted by molar-refractivity contribution is 6.03. The molecule has 0 saturated carbocycles. The third kappa shape index (κ3) is 5.83. The molecule has 0 bridgehead atoms. The van der Waals surface area contributed by atoms with Crippen LogP contribution in [0.5, 0.6) is 0 Å². The van der Waals surface area contributed by atoms with Gasteiger partial charge in [0.1, 0.15) is 11.5 Å². The molecule has 1 heterocycles. The molecule has 0 aliphatic carbocycles. The maximum absolute atomic E-state index is 13.6. The molecule has 2 aromatic carbocycles. The van der Waals surface area contributed by atoms with E-state index in [-0.39, 0.29) is 23.4 Å². The van der Waals surface area contributed by atoms with Crippen LogP contribution >= 0.6 is 0 Å². The number of aromatic nitrogens is 2. The number of amides is 2. The van der Waals surface area contributed by atoms with Gasteiger partial charge in [-0.3, -0.25) is 9.59 Å². The fourth-order valence-electron chi connectivity index (χ4n) is 2.62. The van der Waals surface area contributed by atoms with E-state index in [2.05, 4.69) is 25.9 Å². The molecule has 0 radical (unpaired) electrons. The predicted molar refractivity (Wildman–Crippen MR) is 109 cm³/mol. The minimum atomic E-state index is -0.392. The highest BCUT2D eigenvalue weighted by Crippen LogP contribution is 2.14. The lowest BCUT2D eigenvalue weighted by Crippen LogP contribution is -2.16. The molecule has 0 unspecified atom stereocenters. The van der Waals surface area contributed by atoms with Crippen molar-refractivity contribution in [3.8, 4) is 0 Å². The van der Waals surface area contributed by atoms with Crippen LogP contribution in [0.15, 0.2) is 60.8 Å². The van der Waals surface area contributed by atoms with E-state index in [1.165, 1.54) is 25.3 Å². The van der Waals surface area contributed by atoms with Gasteiger partial charge in [0.25, 0.3) is 5.91 Å². The summed E-state index contributed by atoms with van der Waals surface area (Å²) in [5.74, 6) is -0.530. The van der Waals surface area contributed by atoms with E-state index in [0.29, 0.717) is 29.9 Å². The molecule has 0 aliphatic heterocycles. The number of halogens is 1. The topological polar surface area (TPSA) is 96.0 Å². The highest BCUT2D eigenvalue weighted by Gasteiger charge is 2.10. The van der Waals surface area contributed by atoms with Gasteiger partial charge in [-0.25, -0.2) is 14.4 Å². The average Bonchev–Trinajstić information content (AvgIpc) is 2.71. The Labute approximate surface area is 167 Å². The van der Waals surface area contributed by atoms with Gasteiger partial charge in [0.05, 0.1) is 0 Å². The zero-order valence-electron chi connectivity index (χ0n) is 15.8. The lowest BCUT2D eigenvalue weighted by Gasteiger charge is -2.08. The van der Waals surface area contributed by atoms with Gasteiger partial charge in [-0.1, -0.05) is 18.2 Å². The van der Waals surface area contributed by atoms with Gasteiger partial charge in [0.15, 0.2) is 0 Å². The fraction of sp³-hybridized carbons (Fsp3) is 0.143. The second kappa shape index (κ2) is 9.41. The number of hydrogen-bond acceptors (Lipinski definition) is 5. The molecule has 3 N–H and O–H groups in total. The molecule has 2 amide bonds. The Kier molecular flexibility index (Phi) is 6.47. The molecule has 0 fully saturated rings. The summed E-state index contributed by atoms with van der Waals surface area (Å²) >= 11 is 0. The summed E-state index contributed by atoms with van der Waals surface area (Å²) in [4.78, 5) is 31.7. The average molecular weight is 393 g/mol. The van der Waals surface area contributed by atoms with E-state index in [1.54, 1.807) is 42.5 Å². The number of carbonyl (C=O) groups excluding carboxylic acids is 2. The summed E-state index contributed by atoms with van der Waals surface area (Å²) in [6.07, 6.45) is 1.94. The largest absolute Gasteiger partial charge is 0.354 e. The second-order valence-electron chi connectivity index (χ2n) is 6.25. The zero-order chi connectivity index (χ0) is 20.6. The molecule has 0 spiro atoms. The monoisotopic (exact) mass is 393 g/mol. The van der Waals surface area contributed by atoms with Crippen LogP contribution in [0.1, 0.15) is 23.0 Å². The van der Waals surface area contributed by atoms with Crippen molar-refractivity contribution < 1.29 is 14.0 Å². The number of hydrogen-bond donors (Lipinski definition) is 3. The number of nitrogens with one attached hydrogen (secondary N) is 3. The van der Waals surface area contributed by atoms with Crippen molar-refractivity contribution >= 4 is 29.1 Å². The van der Waals surface area contributed by atoms with E-state index in [4.69, 9.17) is 0 Å². The first-order valence-corrected chi connectivity index (χ1v) is 9.00. The van der Waals surface area contributed by atoms with Crippen LogP contribution in [-0.2, 0) is 11.2 Å². The van der Waals surface area contributed by atoms with Crippen molar-refractivity contribution in [2.24, 2.45) is 0 Å². The Morgan fingerprint density at radius 1 is 0.966 bits per heavy atom. The van der Waals surface area contributed by atoms with Crippen molar-refractivity contribution in [3.05, 3.63) is 77.9 Å². The number of carbonyl (C=O) groups is 2. The van der Waals surface area contributed by atoms with Gasteiger partial charge in [-0.2, -0.15) is 0 Å². The van der Waals surface area contributed by atoms with Crippen LogP contribution < -0.4 is 16.0 Å². The smallest absolute Gasteiger partial charge is 0.274 e. The standard InChI is InChI=1S/C21H20FN5O2/c1-14(28)25-16-6-8-17(9-7-16)26-20(29)19-11-13-24-21(27-19)23-12-10-15-4-2-3-5-18(15)22/h2-9,11,13H,10,12H2,1H3,(H,25,28)(H,26,29)(H,23,24,27). The highest BCUT2D eigenvalue weighted by atomic mass is 19.1. The van der Waals surface area contributed by atoms with Crippen molar-refractivity contribution in [1.82, 2.24) is 9.97 Å². The first-order chi connectivity index (χ1) is 14.0. The molecule has 3 rings (SSSR count). The van der Waals surface area contributed by atoms with Gasteiger partial charge < -0.3 is 16.0 Å². The van der Waals surface area contributed by atoms with Gasteiger partial charge in [0.2, 0.25) is 11.9 Å². The Hall–Kier alpha value is -3.81. The SMILES string of the molecule is CC(=O)Nc1ccc(NC(=O)c2ccnc(NCCc3ccccc3F)n2)cc1. The maximum atomic E-state index is 13.6. The van der Waals surface area contributed by atoms with Crippen molar-refractivity contribution in [2.45, 2.75) is 13.3 Å². The number of nitrogens with zero attached hydrogens (tertiary/aromatic N) is 2. The third-order valence-electron chi connectivity index (χ3n) is 3.99. The number of anilines is 3. The molecule has 0 atom stereocenters. The zero-order valence-corrected chi connectivity index (χ0v) is 15.8. The predicted octanol–water partition coefficient (Wildman–Crippen LogP) is 3.48.